The highest BCUT2D eigenvalue weighted by Crippen LogP contribution is 2.54. The van der Waals surface area contributed by atoms with Crippen molar-refractivity contribution in [2.24, 2.45) is 0 Å². The van der Waals surface area contributed by atoms with Gasteiger partial charge in [-0.05, 0) is 111 Å². The number of ether oxygens (including phenoxy) is 1. The van der Waals surface area contributed by atoms with Gasteiger partial charge in [0, 0.05) is 45.9 Å². The molecule has 0 bridgehead atoms. The summed E-state index contributed by atoms with van der Waals surface area (Å²) in [5, 5.41) is 1.76. The minimum Gasteiger partial charge on any atom is -0.457 e. The van der Waals surface area contributed by atoms with Gasteiger partial charge in [-0.2, -0.15) is 0 Å². The van der Waals surface area contributed by atoms with Crippen molar-refractivity contribution in [3.63, 3.8) is 0 Å². The molecular formula is C66H52F10N4O. The van der Waals surface area contributed by atoms with E-state index in [1.54, 1.807) is 51.2 Å². The summed E-state index contributed by atoms with van der Waals surface area (Å²) >= 11 is 0. The van der Waals surface area contributed by atoms with Crippen molar-refractivity contribution in [2.75, 3.05) is 16.5 Å². The van der Waals surface area contributed by atoms with Crippen LogP contribution in [-0.2, 0) is 16.2 Å². The number of benzene rings is 8. The first-order chi connectivity index (χ1) is 39.9. The van der Waals surface area contributed by atoms with Gasteiger partial charge in [0.25, 0.3) is 0 Å². The van der Waals surface area contributed by atoms with Gasteiger partial charge in [0.1, 0.15) is 24.0 Å². The molecule has 0 amide bonds. The largest absolute Gasteiger partial charge is 0.457 e. The number of aromatic nitrogens is 2. The summed E-state index contributed by atoms with van der Waals surface area (Å²) in [5.74, 6) is -23.1. The number of anilines is 4. The van der Waals surface area contributed by atoms with Crippen LogP contribution in [0.4, 0.5) is 66.7 Å². The van der Waals surface area contributed by atoms with E-state index in [0.717, 1.165) is 34.0 Å². The Balaban J connectivity index is 1.17. The number of fused-ring (bicyclic) bond motifs is 4. The monoisotopic (exact) mass is 1110 g/mol. The van der Waals surface area contributed by atoms with Crippen molar-refractivity contribution in [1.82, 2.24) is 9.55 Å². The number of hydrogen-bond acceptors (Lipinski definition) is 4. The molecule has 81 heavy (non-hydrogen) atoms. The van der Waals surface area contributed by atoms with Gasteiger partial charge < -0.3 is 14.5 Å². The standard InChI is InChI=1S/C66H52F10N4O/c1-64(2,3)36-20-18-34(19-21-36)35-26-39(31-41(27-35)81-40-22-23-43-42-14-10-11-15-46(42)80(49(43)32-40)50-30-37(24-25-77-50)65(4,5)6)78-33-79(48-17-13-12-16-47(48)78)63-44(51-53(67)57(71)61(75)58(72)54(51)68)28-38(66(7,8)9)29-45(63)52-55(69)59(73)62(76)60(74)56(52)70/h10-32H,33H2,1-9H3/i18D,19D,20D,21D. The molecule has 0 radical (unpaired) electrons. The summed E-state index contributed by atoms with van der Waals surface area (Å²) in [5.41, 5.74) is -5.05. The summed E-state index contributed by atoms with van der Waals surface area (Å²) in [4.78, 5) is 7.48. The number of hydrogen-bond donors (Lipinski definition) is 0. The molecule has 0 atom stereocenters. The molecule has 1 aliphatic rings. The highest BCUT2D eigenvalue weighted by atomic mass is 19.2. The molecular weight excluding hydrogens is 1050 g/mol. The average Bonchev–Trinajstić information content (AvgIpc) is 2.25. The van der Waals surface area contributed by atoms with E-state index in [4.69, 9.17) is 9.72 Å². The predicted molar refractivity (Wildman–Crippen MR) is 299 cm³/mol. The number of para-hydroxylation sites is 3. The van der Waals surface area contributed by atoms with E-state index in [0.29, 0.717) is 11.3 Å². The molecule has 0 N–H and O–H groups in total. The fourth-order valence-electron chi connectivity index (χ4n) is 10.2. The van der Waals surface area contributed by atoms with E-state index < -0.39 is 116 Å². The van der Waals surface area contributed by atoms with Gasteiger partial charge >= 0.3 is 0 Å². The summed E-state index contributed by atoms with van der Waals surface area (Å²) in [6.07, 6.45) is 1.74. The molecule has 2 aromatic heterocycles. The van der Waals surface area contributed by atoms with Crippen LogP contribution in [0.2, 0.25) is 0 Å². The van der Waals surface area contributed by atoms with Gasteiger partial charge in [-0.15, -0.1) is 0 Å². The second-order valence-corrected chi connectivity index (χ2v) is 23.0. The molecule has 11 rings (SSSR count). The lowest BCUT2D eigenvalue weighted by Gasteiger charge is -2.30. The van der Waals surface area contributed by atoms with Crippen molar-refractivity contribution in [2.45, 2.75) is 78.6 Å². The maximum atomic E-state index is 16.5. The molecule has 3 heterocycles. The van der Waals surface area contributed by atoms with Crippen LogP contribution in [0.15, 0.2) is 140 Å². The maximum Gasteiger partial charge on any atom is 0.200 e. The van der Waals surface area contributed by atoms with Crippen LogP contribution >= 0.6 is 0 Å². The SMILES string of the molecule is [2H]c1c([2H])c(C(C)(C)C)c([2H])c([2H])c1-c1cc(Oc2ccc3c4ccccc4n(-c4cc(C(C)(C)C)ccn4)c3c2)cc(N2CN(c3c(-c4c(F)c(F)c(F)c(F)c4F)cc(C(C)(C)C)cc3-c3c(F)c(F)c(F)c(F)c3F)c3ccccc32)c1. The fourth-order valence-corrected chi connectivity index (χ4v) is 10.2. The molecule has 0 spiro atoms. The second-order valence-electron chi connectivity index (χ2n) is 23.0. The Kier molecular flexibility index (Phi) is 12.0. The number of rotatable bonds is 8. The van der Waals surface area contributed by atoms with Crippen molar-refractivity contribution in [3.05, 3.63) is 214 Å². The second kappa shape index (κ2) is 19.6. The first kappa shape index (κ1) is 49.5. The smallest absolute Gasteiger partial charge is 0.200 e. The molecule has 0 saturated heterocycles. The van der Waals surface area contributed by atoms with Gasteiger partial charge in [0.05, 0.1) is 44.7 Å². The van der Waals surface area contributed by atoms with E-state index in [9.17, 15) is 14.3 Å². The third-order valence-corrected chi connectivity index (χ3v) is 14.5. The highest BCUT2D eigenvalue weighted by molar-refractivity contribution is 6.09. The van der Waals surface area contributed by atoms with Gasteiger partial charge in [-0.1, -0.05) is 117 Å². The van der Waals surface area contributed by atoms with Gasteiger partial charge in [0.2, 0.25) is 11.6 Å². The molecule has 412 valence electrons. The minimum absolute atomic E-state index is 0.0234. The summed E-state index contributed by atoms with van der Waals surface area (Å²) in [7, 11) is 0. The Morgan fingerprint density at radius 1 is 0.444 bits per heavy atom. The first-order valence-corrected chi connectivity index (χ1v) is 25.7. The molecule has 10 aromatic rings. The summed E-state index contributed by atoms with van der Waals surface area (Å²) < 4.78 is 204. The zero-order valence-electron chi connectivity index (χ0n) is 49.2. The van der Waals surface area contributed by atoms with Crippen LogP contribution < -0.4 is 14.5 Å². The van der Waals surface area contributed by atoms with Crippen LogP contribution in [0, 0.1) is 58.2 Å². The average molecular weight is 1110 g/mol. The van der Waals surface area contributed by atoms with Crippen LogP contribution in [0.3, 0.4) is 0 Å². The molecule has 1 aliphatic heterocycles. The maximum absolute atomic E-state index is 16.5. The molecule has 8 aromatic carbocycles. The van der Waals surface area contributed by atoms with Crippen LogP contribution in [-0.4, -0.2) is 16.2 Å². The number of pyridine rings is 1. The number of nitrogens with zero attached hydrogens (tertiary/aromatic N) is 4. The summed E-state index contributed by atoms with van der Waals surface area (Å²) in [6.45, 7) is 15.5. The Bertz CT molecular complexity index is 4290. The van der Waals surface area contributed by atoms with E-state index in [1.807, 2.05) is 47.0 Å². The van der Waals surface area contributed by atoms with Gasteiger partial charge in [-0.25, -0.2) is 48.9 Å². The minimum atomic E-state index is -2.53. The quantitative estimate of drug-likeness (QED) is 0.0863. The molecule has 0 unspecified atom stereocenters. The third-order valence-electron chi connectivity index (χ3n) is 14.5. The zero-order valence-corrected chi connectivity index (χ0v) is 45.2. The topological polar surface area (TPSA) is 33.5 Å². The van der Waals surface area contributed by atoms with Gasteiger partial charge in [0.15, 0.2) is 46.5 Å². The lowest BCUT2D eigenvalue weighted by atomic mass is 9.81. The predicted octanol–water partition coefficient (Wildman–Crippen LogP) is 19.5. The number of halogens is 10. The van der Waals surface area contributed by atoms with E-state index >= 15 is 35.1 Å². The Morgan fingerprint density at radius 2 is 0.951 bits per heavy atom. The molecule has 0 saturated carbocycles. The Hall–Kier alpha value is -8.59. The lowest BCUT2D eigenvalue weighted by molar-refractivity contribution is 0.381. The van der Waals surface area contributed by atoms with E-state index in [1.165, 1.54) is 60.9 Å². The third kappa shape index (κ3) is 9.29. The fraction of sp³-hybridized carbons (Fsp3) is 0.197. The van der Waals surface area contributed by atoms with E-state index in [-0.39, 0.29) is 68.3 Å². The molecule has 5 nitrogen and oxygen atoms in total. The van der Waals surface area contributed by atoms with Crippen molar-refractivity contribution < 1.29 is 54.1 Å². The highest BCUT2D eigenvalue weighted by Gasteiger charge is 2.39. The van der Waals surface area contributed by atoms with Gasteiger partial charge in [-0.3, -0.25) is 4.57 Å². The lowest BCUT2D eigenvalue weighted by Crippen LogP contribution is -2.26. The molecule has 15 heteroatoms. The van der Waals surface area contributed by atoms with Crippen molar-refractivity contribution in [1.29, 1.82) is 0 Å². The van der Waals surface area contributed by atoms with E-state index in [2.05, 4.69) is 20.8 Å². The van der Waals surface area contributed by atoms with Crippen LogP contribution in [0.1, 0.15) is 84.5 Å². The van der Waals surface area contributed by atoms with Crippen LogP contribution in [0.5, 0.6) is 11.5 Å². The zero-order chi connectivity index (χ0) is 61.4. The van der Waals surface area contributed by atoms with Crippen molar-refractivity contribution >= 4 is 44.6 Å². The molecule has 0 fully saturated rings. The summed E-state index contributed by atoms with van der Waals surface area (Å²) in [6, 6.07) is 28.3. The normalized spacial score (nSPS) is 13.7. The van der Waals surface area contributed by atoms with Crippen molar-refractivity contribution in [3.8, 4) is 50.7 Å². The Labute approximate surface area is 466 Å². The Morgan fingerprint density at radius 3 is 1.51 bits per heavy atom. The first-order valence-electron chi connectivity index (χ1n) is 27.7. The van der Waals surface area contributed by atoms with Crippen LogP contribution in [0.25, 0.3) is 61.0 Å². The molecule has 0 aliphatic carbocycles.